The minimum atomic E-state index is 0.111. The van der Waals surface area contributed by atoms with Crippen molar-refractivity contribution in [1.82, 2.24) is 4.57 Å². The molecule has 1 aromatic carbocycles. The smallest absolute Gasteiger partial charge is 0.0489 e. The Morgan fingerprint density at radius 3 is 2.47 bits per heavy atom. The van der Waals surface area contributed by atoms with Crippen molar-refractivity contribution in [2.75, 3.05) is 0 Å². The normalized spacial score (nSPS) is 12.3. The molecule has 2 rings (SSSR count). The summed E-state index contributed by atoms with van der Waals surface area (Å²) in [6.45, 7) is 8.75. The molecule has 0 atom stereocenters. The highest BCUT2D eigenvalue weighted by Gasteiger charge is 2.16. The zero-order chi connectivity index (χ0) is 11.2. The summed E-state index contributed by atoms with van der Waals surface area (Å²) >= 11 is 6.00. The molecule has 1 nitrogen and oxygen atoms in total. The number of halogens is 1. The van der Waals surface area contributed by atoms with Crippen molar-refractivity contribution >= 4 is 22.5 Å². The van der Waals surface area contributed by atoms with Crippen LogP contribution in [0.3, 0.4) is 0 Å². The van der Waals surface area contributed by atoms with E-state index >= 15 is 0 Å². The molecule has 0 radical (unpaired) electrons. The van der Waals surface area contributed by atoms with E-state index in [1.807, 2.05) is 12.1 Å². The monoisotopic (exact) mass is 221 g/mol. The molecule has 0 bridgehead atoms. The van der Waals surface area contributed by atoms with E-state index in [0.29, 0.717) is 0 Å². The SMILES string of the molecule is Cc1cn(C(C)(C)C)c2ccc(Cl)cc12. The van der Waals surface area contributed by atoms with E-state index in [2.05, 4.69) is 44.5 Å². The Hall–Kier alpha value is -0.950. The van der Waals surface area contributed by atoms with E-state index in [4.69, 9.17) is 11.6 Å². The van der Waals surface area contributed by atoms with Gasteiger partial charge in [0, 0.05) is 27.7 Å². The molecule has 0 fully saturated rings. The summed E-state index contributed by atoms with van der Waals surface area (Å²) in [4.78, 5) is 0. The Morgan fingerprint density at radius 1 is 1.20 bits per heavy atom. The molecule has 2 heteroatoms. The molecule has 1 aromatic heterocycles. The van der Waals surface area contributed by atoms with E-state index in [1.54, 1.807) is 0 Å². The first kappa shape index (κ1) is 10.6. The first-order valence-corrected chi connectivity index (χ1v) is 5.55. The summed E-state index contributed by atoms with van der Waals surface area (Å²) in [6.07, 6.45) is 2.20. The van der Waals surface area contributed by atoms with Gasteiger partial charge >= 0.3 is 0 Å². The minimum Gasteiger partial charge on any atom is -0.342 e. The zero-order valence-electron chi connectivity index (χ0n) is 9.63. The summed E-state index contributed by atoms with van der Waals surface area (Å²) in [7, 11) is 0. The van der Waals surface area contributed by atoms with Crippen molar-refractivity contribution in [2.24, 2.45) is 0 Å². The summed E-state index contributed by atoms with van der Waals surface area (Å²) in [6, 6.07) is 6.08. The molecular formula is C13H16ClN. The van der Waals surface area contributed by atoms with Crippen LogP contribution in [0.2, 0.25) is 5.02 Å². The highest BCUT2D eigenvalue weighted by atomic mass is 35.5. The van der Waals surface area contributed by atoms with Crippen LogP contribution in [0.15, 0.2) is 24.4 Å². The maximum absolute atomic E-state index is 6.00. The van der Waals surface area contributed by atoms with Crippen LogP contribution in [0.1, 0.15) is 26.3 Å². The van der Waals surface area contributed by atoms with Crippen LogP contribution in [0.25, 0.3) is 10.9 Å². The summed E-state index contributed by atoms with van der Waals surface area (Å²) in [5, 5.41) is 2.05. The standard InChI is InChI=1S/C13H16ClN/c1-9-8-15(13(2,3)4)12-6-5-10(14)7-11(9)12/h5-8H,1-4H3. The van der Waals surface area contributed by atoms with Crippen molar-refractivity contribution in [3.05, 3.63) is 35.0 Å². The molecule has 80 valence electrons. The van der Waals surface area contributed by atoms with Crippen LogP contribution >= 0.6 is 11.6 Å². The summed E-state index contributed by atoms with van der Waals surface area (Å²) < 4.78 is 2.30. The van der Waals surface area contributed by atoms with Gasteiger partial charge < -0.3 is 4.57 Å². The first-order chi connectivity index (χ1) is 6.89. The topological polar surface area (TPSA) is 4.93 Å². The average Bonchev–Trinajstić information content (AvgIpc) is 2.43. The van der Waals surface area contributed by atoms with Gasteiger partial charge in [0.25, 0.3) is 0 Å². The number of hydrogen-bond acceptors (Lipinski definition) is 0. The zero-order valence-corrected chi connectivity index (χ0v) is 10.4. The molecule has 0 aliphatic rings. The number of rotatable bonds is 0. The van der Waals surface area contributed by atoms with Gasteiger partial charge in [-0.3, -0.25) is 0 Å². The van der Waals surface area contributed by atoms with Crippen molar-refractivity contribution in [3.63, 3.8) is 0 Å². The largest absolute Gasteiger partial charge is 0.342 e. The molecule has 15 heavy (non-hydrogen) atoms. The number of benzene rings is 1. The van der Waals surface area contributed by atoms with Gasteiger partial charge in [-0.2, -0.15) is 0 Å². The molecular weight excluding hydrogens is 206 g/mol. The lowest BCUT2D eigenvalue weighted by Gasteiger charge is -2.22. The maximum atomic E-state index is 6.00. The third-order valence-corrected chi connectivity index (χ3v) is 2.92. The van der Waals surface area contributed by atoms with Gasteiger partial charge in [0.1, 0.15) is 0 Å². The van der Waals surface area contributed by atoms with Gasteiger partial charge in [0.05, 0.1) is 0 Å². The van der Waals surface area contributed by atoms with Crippen LogP contribution < -0.4 is 0 Å². The average molecular weight is 222 g/mol. The fourth-order valence-corrected chi connectivity index (χ4v) is 2.09. The molecule has 0 amide bonds. The predicted octanol–water partition coefficient (Wildman–Crippen LogP) is 4.36. The Bertz CT molecular complexity index is 503. The van der Waals surface area contributed by atoms with Gasteiger partial charge in [-0.15, -0.1) is 0 Å². The maximum Gasteiger partial charge on any atom is 0.0489 e. The molecule has 0 unspecified atom stereocenters. The van der Waals surface area contributed by atoms with Gasteiger partial charge in [-0.1, -0.05) is 11.6 Å². The highest BCUT2D eigenvalue weighted by Crippen LogP contribution is 2.28. The van der Waals surface area contributed by atoms with E-state index in [-0.39, 0.29) is 5.54 Å². The Labute approximate surface area is 95.7 Å². The summed E-state index contributed by atoms with van der Waals surface area (Å²) in [5.74, 6) is 0. The van der Waals surface area contributed by atoms with Crippen LogP contribution in [0.4, 0.5) is 0 Å². The van der Waals surface area contributed by atoms with Gasteiger partial charge in [-0.05, 0) is 51.5 Å². The lowest BCUT2D eigenvalue weighted by Crippen LogP contribution is -2.20. The lowest BCUT2D eigenvalue weighted by molar-refractivity contribution is 0.410. The Morgan fingerprint density at radius 2 is 1.87 bits per heavy atom. The fraction of sp³-hybridized carbons (Fsp3) is 0.385. The molecule has 0 aliphatic heterocycles. The number of aromatic nitrogens is 1. The van der Waals surface area contributed by atoms with Gasteiger partial charge in [-0.25, -0.2) is 0 Å². The third kappa shape index (κ3) is 1.76. The molecule has 0 saturated carbocycles. The lowest BCUT2D eigenvalue weighted by atomic mass is 10.1. The summed E-state index contributed by atoms with van der Waals surface area (Å²) in [5.41, 5.74) is 2.65. The Kier molecular flexibility index (Phi) is 2.31. The molecule has 0 saturated heterocycles. The van der Waals surface area contributed by atoms with Gasteiger partial charge in [0.15, 0.2) is 0 Å². The van der Waals surface area contributed by atoms with E-state index in [9.17, 15) is 0 Å². The number of hydrogen-bond donors (Lipinski definition) is 0. The predicted molar refractivity (Wildman–Crippen MR) is 66.7 cm³/mol. The second kappa shape index (κ2) is 3.28. The molecule has 0 spiro atoms. The van der Waals surface area contributed by atoms with E-state index < -0.39 is 0 Å². The fourth-order valence-electron chi connectivity index (χ4n) is 1.92. The molecule has 2 aromatic rings. The Balaban J connectivity index is 2.79. The second-order valence-electron chi connectivity index (χ2n) is 5.01. The van der Waals surface area contributed by atoms with Crippen LogP contribution in [-0.4, -0.2) is 4.57 Å². The highest BCUT2D eigenvalue weighted by molar-refractivity contribution is 6.31. The quantitative estimate of drug-likeness (QED) is 0.623. The number of fused-ring (bicyclic) bond motifs is 1. The number of nitrogens with zero attached hydrogens (tertiary/aromatic N) is 1. The molecule has 0 N–H and O–H groups in total. The minimum absolute atomic E-state index is 0.111. The third-order valence-electron chi connectivity index (χ3n) is 2.69. The van der Waals surface area contributed by atoms with Crippen molar-refractivity contribution in [2.45, 2.75) is 33.2 Å². The van der Waals surface area contributed by atoms with Crippen LogP contribution in [-0.2, 0) is 5.54 Å². The molecule has 1 heterocycles. The van der Waals surface area contributed by atoms with Crippen LogP contribution in [0, 0.1) is 6.92 Å². The van der Waals surface area contributed by atoms with Crippen LogP contribution in [0.5, 0.6) is 0 Å². The van der Waals surface area contributed by atoms with Gasteiger partial charge in [0.2, 0.25) is 0 Å². The van der Waals surface area contributed by atoms with Crippen molar-refractivity contribution in [3.8, 4) is 0 Å². The first-order valence-electron chi connectivity index (χ1n) is 5.17. The number of aryl methyl sites for hydroxylation is 1. The van der Waals surface area contributed by atoms with E-state index in [0.717, 1.165) is 5.02 Å². The van der Waals surface area contributed by atoms with E-state index in [1.165, 1.54) is 16.5 Å². The van der Waals surface area contributed by atoms with Crippen molar-refractivity contribution in [1.29, 1.82) is 0 Å². The second-order valence-corrected chi connectivity index (χ2v) is 5.45. The molecule has 0 aliphatic carbocycles. The van der Waals surface area contributed by atoms with Crippen molar-refractivity contribution < 1.29 is 0 Å².